The number of carbonyl (C=O) groups is 2. The summed E-state index contributed by atoms with van der Waals surface area (Å²) in [7, 11) is 0. The van der Waals surface area contributed by atoms with Gasteiger partial charge in [-0.15, -0.1) is 23.1 Å². The van der Waals surface area contributed by atoms with Gasteiger partial charge >= 0.3 is 5.97 Å². The van der Waals surface area contributed by atoms with E-state index in [0.717, 1.165) is 17.7 Å². The lowest BCUT2D eigenvalue weighted by Crippen LogP contribution is -2.31. The lowest BCUT2D eigenvalue weighted by Gasteiger charge is -2.21. The average Bonchev–Trinajstić information content (AvgIpc) is 2.75. The maximum atomic E-state index is 11.9. The van der Waals surface area contributed by atoms with Crippen molar-refractivity contribution in [3.8, 4) is 0 Å². The number of aryl methyl sites for hydroxylation is 1. The van der Waals surface area contributed by atoms with E-state index in [4.69, 9.17) is 5.11 Å². The molecule has 2 heterocycles. The van der Waals surface area contributed by atoms with Gasteiger partial charge in [0.1, 0.15) is 5.25 Å². The molecule has 6 heteroatoms. The number of hydrogen-bond acceptors (Lipinski definition) is 4. The lowest BCUT2D eigenvalue weighted by molar-refractivity contribution is -0.136. The number of carbonyl (C=O) groups excluding carboxylic acids is 1. The van der Waals surface area contributed by atoms with Crippen molar-refractivity contribution in [2.45, 2.75) is 18.1 Å². The maximum Gasteiger partial charge on any atom is 0.305 e. The Kier molecular flexibility index (Phi) is 4.06. The zero-order chi connectivity index (χ0) is 12.3. The van der Waals surface area contributed by atoms with E-state index in [1.54, 1.807) is 23.1 Å². The van der Waals surface area contributed by atoms with Crippen LogP contribution in [0.15, 0.2) is 11.4 Å². The van der Waals surface area contributed by atoms with Gasteiger partial charge < -0.3 is 10.4 Å². The molecule has 1 aliphatic rings. The van der Waals surface area contributed by atoms with Crippen molar-refractivity contribution >= 4 is 35.0 Å². The summed E-state index contributed by atoms with van der Waals surface area (Å²) < 4.78 is 0. The SMILES string of the molecule is O=C(O)CCNC(=O)C1SCCc2sccc21. The molecule has 1 aliphatic heterocycles. The molecular formula is C11H13NO3S2. The molecule has 0 saturated heterocycles. The summed E-state index contributed by atoms with van der Waals surface area (Å²) >= 11 is 3.31. The minimum absolute atomic E-state index is 0.0282. The molecule has 2 N–H and O–H groups in total. The number of rotatable bonds is 4. The van der Waals surface area contributed by atoms with Crippen LogP contribution in [0.5, 0.6) is 0 Å². The molecule has 0 radical (unpaired) electrons. The van der Waals surface area contributed by atoms with Crippen LogP contribution in [0.1, 0.15) is 22.1 Å². The summed E-state index contributed by atoms with van der Waals surface area (Å²) in [5.74, 6) is -0.0155. The highest BCUT2D eigenvalue weighted by atomic mass is 32.2. The van der Waals surface area contributed by atoms with Crippen LogP contribution >= 0.6 is 23.1 Å². The van der Waals surface area contributed by atoms with E-state index in [2.05, 4.69) is 5.32 Å². The monoisotopic (exact) mass is 271 g/mol. The van der Waals surface area contributed by atoms with Gasteiger partial charge in [-0.05, 0) is 29.2 Å². The molecule has 17 heavy (non-hydrogen) atoms. The fraction of sp³-hybridized carbons (Fsp3) is 0.455. The fourth-order valence-electron chi connectivity index (χ4n) is 1.75. The van der Waals surface area contributed by atoms with Crippen LogP contribution in [0, 0.1) is 0 Å². The van der Waals surface area contributed by atoms with E-state index in [1.165, 1.54) is 4.88 Å². The Labute approximate surface area is 107 Å². The number of fused-ring (bicyclic) bond motifs is 1. The first-order valence-electron chi connectivity index (χ1n) is 5.36. The summed E-state index contributed by atoms with van der Waals surface area (Å²) in [5, 5.41) is 13.0. The molecule has 0 spiro atoms. The second kappa shape index (κ2) is 5.55. The first-order valence-corrected chi connectivity index (χ1v) is 7.28. The largest absolute Gasteiger partial charge is 0.481 e. The number of hydrogen-bond donors (Lipinski definition) is 2. The van der Waals surface area contributed by atoms with Crippen molar-refractivity contribution in [1.29, 1.82) is 0 Å². The zero-order valence-electron chi connectivity index (χ0n) is 9.14. The molecular weight excluding hydrogens is 258 g/mol. The van der Waals surface area contributed by atoms with E-state index in [0.29, 0.717) is 0 Å². The minimum Gasteiger partial charge on any atom is -0.481 e. The van der Waals surface area contributed by atoms with Gasteiger partial charge in [-0.1, -0.05) is 0 Å². The third-order valence-electron chi connectivity index (χ3n) is 2.55. The summed E-state index contributed by atoms with van der Waals surface area (Å²) in [6, 6.07) is 1.99. The number of carboxylic acid groups (broad SMARTS) is 1. The smallest absolute Gasteiger partial charge is 0.305 e. The third-order valence-corrected chi connectivity index (χ3v) is 4.79. The molecule has 0 aliphatic carbocycles. The number of aliphatic carboxylic acids is 1. The molecule has 2 rings (SSSR count). The van der Waals surface area contributed by atoms with Crippen LogP contribution < -0.4 is 5.32 Å². The van der Waals surface area contributed by atoms with Crippen LogP contribution in [-0.2, 0) is 16.0 Å². The zero-order valence-corrected chi connectivity index (χ0v) is 10.8. The highest BCUT2D eigenvalue weighted by Crippen LogP contribution is 2.39. The summed E-state index contributed by atoms with van der Waals surface area (Å²) in [5.41, 5.74) is 1.10. The number of nitrogens with one attached hydrogen (secondary N) is 1. The molecule has 1 atom stereocenters. The topological polar surface area (TPSA) is 66.4 Å². The fourth-order valence-corrected chi connectivity index (χ4v) is 4.07. The Balaban J connectivity index is 1.95. The van der Waals surface area contributed by atoms with Crippen LogP contribution in [0.25, 0.3) is 0 Å². The molecule has 1 unspecified atom stereocenters. The van der Waals surface area contributed by atoms with E-state index in [9.17, 15) is 9.59 Å². The van der Waals surface area contributed by atoms with E-state index < -0.39 is 5.97 Å². The van der Waals surface area contributed by atoms with Crippen molar-refractivity contribution in [2.75, 3.05) is 12.3 Å². The molecule has 0 fully saturated rings. The number of thiophene rings is 1. The molecule has 0 aromatic carbocycles. The molecule has 4 nitrogen and oxygen atoms in total. The first kappa shape index (κ1) is 12.4. The van der Waals surface area contributed by atoms with Crippen LogP contribution in [0.3, 0.4) is 0 Å². The highest BCUT2D eigenvalue weighted by Gasteiger charge is 2.27. The Morgan fingerprint density at radius 3 is 3.12 bits per heavy atom. The summed E-state index contributed by atoms with van der Waals surface area (Å²) in [4.78, 5) is 23.6. The predicted molar refractivity (Wildman–Crippen MR) is 68.5 cm³/mol. The Hall–Kier alpha value is -1.01. The molecule has 0 saturated carbocycles. The number of amides is 1. The van der Waals surface area contributed by atoms with Crippen LogP contribution in [0.2, 0.25) is 0 Å². The van der Waals surface area contributed by atoms with E-state index >= 15 is 0 Å². The van der Waals surface area contributed by atoms with Crippen molar-refractivity contribution in [3.63, 3.8) is 0 Å². The van der Waals surface area contributed by atoms with Crippen molar-refractivity contribution in [3.05, 3.63) is 21.9 Å². The molecule has 92 valence electrons. The summed E-state index contributed by atoms with van der Waals surface area (Å²) in [6.45, 7) is 0.199. The molecule has 1 aromatic heterocycles. The van der Waals surface area contributed by atoms with Gasteiger partial charge in [0, 0.05) is 11.4 Å². The average molecular weight is 271 g/mol. The Morgan fingerprint density at radius 1 is 1.53 bits per heavy atom. The quantitative estimate of drug-likeness (QED) is 0.874. The minimum atomic E-state index is -0.891. The lowest BCUT2D eigenvalue weighted by atomic mass is 10.1. The maximum absolute atomic E-state index is 11.9. The van der Waals surface area contributed by atoms with Gasteiger partial charge in [0.2, 0.25) is 5.91 Å². The normalized spacial score (nSPS) is 18.5. The summed E-state index contributed by atoms with van der Waals surface area (Å²) in [6.07, 6.45) is 0.996. The van der Waals surface area contributed by atoms with Gasteiger partial charge in [-0.3, -0.25) is 9.59 Å². The predicted octanol–water partition coefficient (Wildman–Crippen LogP) is 1.67. The van der Waals surface area contributed by atoms with E-state index in [1.807, 2.05) is 11.4 Å². The van der Waals surface area contributed by atoms with E-state index in [-0.39, 0.29) is 24.1 Å². The first-order chi connectivity index (χ1) is 8.18. The standard InChI is InChI=1S/C11H13NO3S2/c13-9(14)1-4-12-11(15)10-7-2-5-16-8(7)3-6-17-10/h2,5,10H,1,3-4,6H2,(H,12,15)(H,13,14). The molecule has 0 bridgehead atoms. The Morgan fingerprint density at radius 2 is 2.35 bits per heavy atom. The third kappa shape index (κ3) is 3.01. The van der Waals surface area contributed by atoms with Crippen LogP contribution in [-0.4, -0.2) is 29.3 Å². The highest BCUT2D eigenvalue weighted by molar-refractivity contribution is 8.00. The van der Waals surface area contributed by atoms with Gasteiger partial charge in [-0.25, -0.2) is 0 Å². The Bertz CT molecular complexity index is 430. The second-order valence-electron chi connectivity index (χ2n) is 3.73. The van der Waals surface area contributed by atoms with Crippen molar-refractivity contribution in [2.24, 2.45) is 0 Å². The van der Waals surface area contributed by atoms with Gasteiger partial charge in [-0.2, -0.15) is 0 Å². The van der Waals surface area contributed by atoms with Gasteiger partial charge in [0.15, 0.2) is 0 Å². The second-order valence-corrected chi connectivity index (χ2v) is 5.95. The number of carboxylic acids is 1. The van der Waals surface area contributed by atoms with Crippen LogP contribution in [0.4, 0.5) is 0 Å². The molecule has 1 amide bonds. The van der Waals surface area contributed by atoms with Gasteiger partial charge in [0.05, 0.1) is 6.42 Å². The number of thioether (sulfide) groups is 1. The van der Waals surface area contributed by atoms with Gasteiger partial charge in [0.25, 0.3) is 0 Å². The van der Waals surface area contributed by atoms with Crippen molar-refractivity contribution in [1.82, 2.24) is 5.32 Å². The van der Waals surface area contributed by atoms with Crippen molar-refractivity contribution < 1.29 is 14.7 Å². The molecule has 1 aromatic rings.